The molecule has 2 aliphatic carbocycles. The van der Waals surface area contributed by atoms with E-state index in [0.29, 0.717) is 12.1 Å². The molecule has 0 saturated heterocycles. The molecule has 0 spiro atoms. The van der Waals surface area contributed by atoms with Crippen LogP contribution in [-0.2, 0) is 0 Å². The van der Waals surface area contributed by atoms with E-state index in [1.165, 1.54) is 25.7 Å². The third-order valence-corrected chi connectivity index (χ3v) is 4.13. The number of Topliss-reactive ketones (excluding diaryl/α,β-unsaturated/α-hetero) is 1. The van der Waals surface area contributed by atoms with Gasteiger partial charge in [0.25, 0.3) is 0 Å². The lowest BCUT2D eigenvalue weighted by Crippen LogP contribution is -2.33. The van der Waals surface area contributed by atoms with Crippen LogP contribution in [-0.4, -0.2) is 30.3 Å². The van der Waals surface area contributed by atoms with E-state index in [4.69, 9.17) is 5.26 Å². The van der Waals surface area contributed by atoms with Gasteiger partial charge in [-0.25, -0.2) is 0 Å². The zero-order valence-electron chi connectivity index (χ0n) is 11.7. The van der Waals surface area contributed by atoms with Crippen LogP contribution in [0.3, 0.4) is 0 Å². The van der Waals surface area contributed by atoms with Crippen molar-refractivity contribution >= 4 is 5.78 Å². The Morgan fingerprint density at radius 3 is 2.10 bits per heavy atom. The SMILES string of the molecule is N#Cc1ccc(C(=O)CN(CC2CC2)CC2CC2)cc1. The summed E-state index contributed by atoms with van der Waals surface area (Å²) in [6, 6.07) is 9.07. The van der Waals surface area contributed by atoms with Crippen molar-refractivity contribution in [1.29, 1.82) is 5.26 Å². The Bertz CT molecular complexity index is 507. The Kier molecular flexibility index (Phi) is 3.84. The van der Waals surface area contributed by atoms with Crippen molar-refractivity contribution in [3.8, 4) is 6.07 Å². The minimum atomic E-state index is 0.177. The molecular weight excluding hydrogens is 248 g/mol. The number of nitrogens with zero attached hydrogens (tertiary/aromatic N) is 2. The fraction of sp³-hybridized carbons (Fsp3) is 0.529. The maximum absolute atomic E-state index is 12.3. The summed E-state index contributed by atoms with van der Waals surface area (Å²) in [5, 5.41) is 8.78. The molecule has 0 heterocycles. The van der Waals surface area contributed by atoms with E-state index in [-0.39, 0.29) is 5.78 Å². The predicted octanol–water partition coefficient (Wildman–Crippen LogP) is 2.86. The van der Waals surface area contributed by atoms with Crippen molar-refractivity contribution in [2.75, 3.05) is 19.6 Å². The third-order valence-electron chi connectivity index (χ3n) is 4.13. The van der Waals surface area contributed by atoms with Gasteiger partial charge >= 0.3 is 0 Å². The van der Waals surface area contributed by atoms with Crippen LogP contribution >= 0.6 is 0 Å². The van der Waals surface area contributed by atoms with Gasteiger partial charge in [0.1, 0.15) is 0 Å². The standard InChI is InChI=1S/C17H20N2O/c18-9-13-5-7-16(8-6-13)17(20)12-19(10-14-1-2-14)11-15-3-4-15/h5-8,14-15H,1-4,10-12H2. The summed E-state index contributed by atoms with van der Waals surface area (Å²) in [5.74, 6) is 1.82. The first kappa shape index (κ1) is 13.3. The van der Waals surface area contributed by atoms with Crippen LogP contribution in [0.1, 0.15) is 41.6 Å². The van der Waals surface area contributed by atoms with E-state index in [0.717, 1.165) is 30.5 Å². The van der Waals surface area contributed by atoms with E-state index in [1.807, 2.05) is 0 Å². The highest BCUT2D eigenvalue weighted by molar-refractivity contribution is 5.97. The summed E-state index contributed by atoms with van der Waals surface area (Å²) in [5.41, 5.74) is 1.33. The number of carbonyl (C=O) groups excluding carboxylic acids is 1. The second kappa shape index (κ2) is 5.76. The molecule has 0 amide bonds. The molecular formula is C17H20N2O. The maximum Gasteiger partial charge on any atom is 0.176 e. The lowest BCUT2D eigenvalue weighted by atomic mass is 10.1. The Hall–Kier alpha value is -1.66. The van der Waals surface area contributed by atoms with Gasteiger partial charge in [0.15, 0.2) is 5.78 Å². The first-order chi connectivity index (χ1) is 9.74. The van der Waals surface area contributed by atoms with Gasteiger partial charge in [-0.15, -0.1) is 0 Å². The average Bonchev–Trinajstić information content (AvgIpc) is 3.35. The second-order valence-electron chi connectivity index (χ2n) is 6.19. The van der Waals surface area contributed by atoms with E-state index >= 15 is 0 Å². The molecule has 104 valence electrons. The van der Waals surface area contributed by atoms with Gasteiger partial charge in [-0.3, -0.25) is 9.69 Å². The second-order valence-corrected chi connectivity index (χ2v) is 6.19. The lowest BCUT2D eigenvalue weighted by molar-refractivity contribution is 0.0924. The monoisotopic (exact) mass is 268 g/mol. The normalized spacial score (nSPS) is 18.0. The fourth-order valence-corrected chi connectivity index (χ4v) is 2.56. The molecule has 20 heavy (non-hydrogen) atoms. The highest BCUT2D eigenvalue weighted by Crippen LogP contribution is 2.33. The minimum Gasteiger partial charge on any atom is -0.295 e. The molecule has 3 rings (SSSR count). The molecule has 3 nitrogen and oxygen atoms in total. The molecule has 0 bridgehead atoms. The van der Waals surface area contributed by atoms with Crippen LogP contribution in [0.5, 0.6) is 0 Å². The van der Waals surface area contributed by atoms with Gasteiger partial charge in [0.05, 0.1) is 18.2 Å². The molecule has 1 aromatic rings. The molecule has 3 heteroatoms. The van der Waals surface area contributed by atoms with Crippen LogP contribution in [0.15, 0.2) is 24.3 Å². The molecule has 0 aromatic heterocycles. The summed E-state index contributed by atoms with van der Waals surface area (Å²) in [6.45, 7) is 2.69. The molecule has 0 aliphatic heterocycles. The zero-order chi connectivity index (χ0) is 13.9. The van der Waals surface area contributed by atoms with Crippen molar-refractivity contribution in [3.05, 3.63) is 35.4 Å². The topological polar surface area (TPSA) is 44.1 Å². The summed E-state index contributed by atoms with van der Waals surface area (Å²) in [7, 11) is 0. The zero-order valence-corrected chi connectivity index (χ0v) is 11.7. The van der Waals surface area contributed by atoms with Crippen LogP contribution in [0.25, 0.3) is 0 Å². The van der Waals surface area contributed by atoms with Crippen LogP contribution < -0.4 is 0 Å². The Morgan fingerprint density at radius 1 is 1.10 bits per heavy atom. The molecule has 2 saturated carbocycles. The van der Waals surface area contributed by atoms with Gasteiger partial charge in [0.2, 0.25) is 0 Å². The summed E-state index contributed by atoms with van der Waals surface area (Å²) in [6.07, 6.45) is 5.30. The van der Waals surface area contributed by atoms with E-state index in [1.54, 1.807) is 24.3 Å². The largest absolute Gasteiger partial charge is 0.295 e. The van der Waals surface area contributed by atoms with Crippen molar-refractivity contribution < 1.29 is 4.79 Å². The van der Waals surface area contributed by atoms with Crippen LogP contribution in [0.2, 0.25) is 0 Å². The lowest BCUT2D eigenvalue weighted by Gasteiger charge is -2.21. The first-order valence-corrected chi connectivity index (χ1v) is 7.50. The molecule has 2 aliphatic rings. The third kappa shape index (κ3) is 3.68. The molecule has 0 radical (unpaired) electrons. The summed E-state index contributed by atoms with van der Waals surface area (Å²) in [4.78, 5) is 14.7. The molecule has 1 aromatic carbocycles. The van der Waals surface area contributed by atoms with E-state index in [9.17, 15) is 4.79 Å². The number of ketones is 1. The van der Waals surface area contributed by atoms with E-state index < -0.39 is 0 Å². The number of rotatable bonds is 7. The summed E-state index contributed by atoms with van der Waals surface area (Å²) >= 11 is 0. The van der Waals surface area contributed by atoms with Crippen LogP contribution in [0.4, 0.5) is 0 Å². The molecule has 0 unspecified atom stereocenters. The molecule has 2 fully saturated rings. The van der Waals surface area contributed by atoms with Gasteiger partial charge < -0.3 is 0 Å². The van der Waals surface area contributed by atoms with E-state index in [2.05, 4.69) is 11.0 Å². The summed E-state index contributed by atoms with van der Waals surface area (Å²) < 4.78 is 0. The fourth-order valence-electron chi connectivity index (χ4n) is 2.56. The number of hydrogen-bond acceptors (Lipinski definition) is 3. The predicted molar refractivity (Wildman–Crippen MR) is 77.4 cm³/mol. The quantitative estimate of drug-likeness (QED) is 0.714. The Morgan fingerprint density at radius 2 is 1.65 bits per heavy atom. The van der Waals surface area contributed by atoms with Crippen molar-refractivity contribution in [1.82, 2.24) is 4.90 Å². The Balaban J connectivity index is 1.60. The van der Waals surface area contributed by atoms with Crippen molar-refractivity contribution in [2.24, 2.45) is 11.8 Å². The smallest absolute Gasteiger partial charge is 0.176 e. The van der Waals surface area contributed by atoms with Gasteiger partial charge in [-0.2, -0.15) is 5.26 Å². The average molecular weight is 268 g/mol. The number of benzene rings is 1. The van der Waals surface area contributed by atoms with Gasteiger partial charge in [-0.1, -0.05) is 12.1 Å². The number of carbonyl (C=O) groups is 1. The maximum atomic E-state index is 12.3. The Labute approximate surface area is 120 Å². The molecule has 0 N–H and O–H groups in total. The minimum absolute atomic E-state index is 0.177. The van der Waals surface area contributed by atoms with Gasteiger partial charge in [0, 0.05) is 18.7 Å². The van der Waals surface area contributed by atoms with Crippen LogP contribution in [0, 0.1) is 23.2 Å². The van der Waals surface area contributed by atoms with Crippen molar-refractivity contribution in [3.63, 3.8) is 0 Å². The number of hydrogen-bond donors (Lipinski definition) is 0. The highest BCUT2D eigenvalue weighted by atomic mass is 16.1. The molecule has 0 atom stereocenters. The number of nitriles is 1. The van der Waals surface area contributed by atoms with Gasteiger partial charge in [-0.05, 0) is 49.7 Å². The highest BCUT2D eigenvalue weighted by Gasteiger charge is 2.30. The van der Waals surface area contributed by atoms with Crippen molar-refractivity contribution in [2.45, 2.75) is 25.7 Å². The first-order valence-electron chi connectivity index (χ1n) is 7.50.